The first-order valence-electron chi connectivity index (χ1n) is 5.41. The molecule has 0 aliphatic carbocycles. The van der Waals surface area contributed by atoms with Gasteiger partial charge in [0.05, 0.1) is 0 Å². The summed E-state index contributed by atoms with van der Waals surface area (Å²) >= 11 is 0. The Morgan fingerprint density at radius 3 is 2.69 bits per heavy atom. The van der Waals surface area contributed by atoms with E-state index in [4.69, 9.17) is 0 Å². The van der Waals surface area contributed by atoms with Crippen LogP contribution in [0.1, 0.15) is 11.3 Å². The van der Waals surface area contributed by atoms with E-state index in [1.165, 1.54) is 5.56 Å². The highest BCUT2D eigenvalue weighted by Gasteiger charge is 1.97. The number of aromatic nitrogens is 2. The summed E-state index contributed by atoms with van der Waals surface area (Å²) in [4.78, 5) is 8.55. The highest BCUT2D eigenvalue weighted by atomic mass is 15.0. The first kappa shape index (κ1) is 10.6. The minimum absolute atomic E-state index is 0.856. The van der Waals surface area contributed by atoms with Gasteiger partial charge in [-0.3, -0.25) is 4.98 Å². The summed E-state index contributed by atoms with van der Waals surface area (Å²) in [5.74, 6) is 0.957. The zero-order valence-electron chi connectivity index (χ0n) is 9.35. The smallest absolute Gasteiger partial charge is 0.128 e. The third kappa shape index (κ3) is 2.79. The maximum atomic E-state index is 4.28. The molecule has 16 heavy (non-hydrogen) atoms. The number of hydrogen-bond donors (Lipinski definition) is 1. The van der Waals surface area contributed by atoms with E-state index < -0.39 is 0 Å². The van der Waals surface area contributed by atoms with Gasteiger partial charge in [-0.05, 0) is 30.7 Å². The van der Waals surface area contributed by atoms with Crippen LogP contribution in [0.3, 0.4) is 0 Å². The first-order chi connectivity index (χ1) is 7.86. The molecule has 0 fully saturated rings. The van der Waals surface area contributed by atoms with Crippen LogP contribution < -0.4 is 5.32 Å². The quantitative estimate of drug-likeness (QED) is 0.847. The van der Waals surface area contributed by atoms with E-state index in [1.807, 2.05) is 30.5 Å². The normalized spacial score (nSPS) is 10.1. The molecule has 0 spiro atoms. The molecule has 0 aliphatic heterocycles. The minimum atomic E-state index is 0.856. The lowest BCUT2D eigenvalue weighted by atomic mass is 10.2. The lowest BCUT2D eigenvalue weighted by Gasteiger charge is -2.07. The zero-order valence-corrected chi connectivity index (χ0v) is 9.35. The molecule has 0 atom stereocenters. The maximum absolute atomic E-state index is 4.28. The number of aryl methyl sites for hydroxylation is 1. The van der Waals surface area contributed by atoms with E-state index in [9.17, 15) is 0 Å². The molecule has 3 heteroatoms. The fourth-order valence-corrected chi connectivity index (χ4v) is 1.53. The standard InChI is InChI=1S/C13H15N3/c1-11-5-4-9-15-13(11)16-10-7-12-6-2-3-8-14-12/h2-6,8-9H,7,10H2,1H3,(H,15,16). The molecule has 0 unspecified atom stereocenters. The molecule has 2 aromatic rings. The Bertz CT molecular complexity index is 440. The van der Waals surface area contributed by atoms with Crippen LogP contribution in [0.2, 0.25) is 0 Å². The van der Waals surface area contributed by atoms with Crippen molar-refractivity contribution in [1.82, 2.24) is 9.97 Å². The molecule has 2 heterocycles. The van der Waals surface area contributed by atoms with Crippen molar-refractivity contribution in [3.63, 3.8) is 0 Å². The summed E-state index contributed by atoms with van der Waals surface area (Å²) in [6.07, 6.45) is 4.54. The predicted octanol–water partition coefficient (Wildman–Crippen LogP) is 2.44. The SMILES string of the molecule is Cc1cccnc1NCCc1ccccn1. The number of pyridine rings is 2. The van der Waals surface area contributed by atoms with Crippen molar-refractivity contribution < 1.29 is 0 Å². The molecule has 0 saturated carbocycles. The molecule has 1 N–H and O–H groups in total. The molecule has 3 nitrogen and oxygen atoms in total. The first-order valence-corrected chi connectivity index (χ1v) is 5.41. The van der Waals surface area contributed by atoms with E-state index in [1.54, 1.807) is 6.20 Å². The van der Waals surface area contributed by atoms with Crippen molar-refractivity contribution in [3.05, 3.63) is 54.0 Å². The minimum Gasteiger partial charge on any atom is -0.369 e. The Labute approximate surface area is 95.6 Å². The molecule has 0 radical (unpaired) electrons. The van der Waals surface area contributed by atoms with E-state index in [2.05, 4.69) is 28.3 Å². The lowest BCUT2D eigenvalue weighted by molar-refractivity contribution is 0.951. The second kappa shape index (κ2) is 5.26. The molecule has 0 amide bonds. The number of anilines is 1. The largest absolute Gasteiger partial charge is 0.369 e. The molecule has 2 aromatic heterocycles. The van der Waals surface area contributed by atoms with Gasteiger partial charge in [0, 0.05) is 31.1 Å². The number of rotatable bonds is 4. The molecule has 0 aromatic carbocycles. The van der Waals surface area contributed by atoms with E-state index in [-0.39, 0.29) is 0 Å². The highest BCUT2D eigenvalue weighted by molar-refractivity contribution is 5.42. The third-order valence-corrected chi connectivity index (χ3v) is 2.41. The van der Waals surface area contributed by atoms with Crippen molar-refractivity contribution in [2.75, 3.05) is 11.9 Å². The Balaban J connectivity index is 1.87. The van der Waals surface area contributed by atoms with Crippen LogP contribution in [-0.4, -0.2) is 16.5 Å². The van der Waals surface area contributed by atoms with Crippen LogP contribution >= 0.6 is 0 Å². The van der Waals surface area contributed by atoms with Crippen LogP contribution in [0.25, 0.3) is 0 Å². The van der Waals surface area contributed by atoms with Crippen molar-refractivity contribution in [2.24, 2.45) is 0 Å². The van der Waals surface area contributed by atoms with Crippen molar-refractivity contribution in [3.8, 4) is 0 Å². The lowest BCUT2D eigenvalue weighted by Crippen LogP contribution is -2.08. The summed E-state index contributed by atoms with van der Waals surface area (Å²) in [5.41, 5.74) is 2.27. The molecule has 82 valence electrons. The Morgan fingerprint density at radius 2 is 1.94 bits per heavy atom. The van der Waals surface area contributed by atoms with Crippen molar-refractivity contribution >= 4 is 5.82 Å². The summed E-state index contributed by atoms with van der Waals surface area (Å²) in [7, 11) is 0. The van der Waals surface area contributed by atoms with Crippen molar-refractivity contribution in [2.45, 2.75) is 13.3 Å². The van der Waals surface area contributed by atoms with E-state index in [0.717, 1.165) is 24.5 Å². The second-order valence-corrected chi connectivity index (χ2v) is 3.67. The van der Waals surface area contributed by atoms with Crippen LogP contribution in [0.4, 0.5) is 5.82 Å². The second-order valence-electron chi connectivity index (χ2n) is 3.67. The zero-order chi connectivity index (χ0) is 11.2. The monoisotopic (exact) mass is 213 g/mol. The number of nitrogens with one attached hydrogen (secondary N) is 1. The van der Waals surface area contributed by atoms with Gasteiger partial charge in [-0.15, -0.1) is 0 Å². The van der Waals surface area contributed by atoms with Crippen LogP contribution in [0.15, 0.2) is 42.7 Å². The van der Waals surface area contributed by atoms with Gasteiger partial charge < -0.3 is 5.32 Å². The van der Waals surface area contributed by atoms with Gasteiger partial charge in [-0.25, -0.2) is 4.98 Å². The average molecular weight is 213 g/mol. The fourth-order valence-electron chi connectivity index (χ4n) is 1.53. The van der Waals surface area contributed by atoms with E-state index in [0.29, 0.717) is 0 Å². The van der Waals surface area contributed by atoms with Gasteiger partial charge >= 0.3 is 0 Å². The fraction of sp³-hybridized carbons (Fsp3) is 0.231. The molecule has 0 bridgehead atoms. The topological polar surface area (TPSA) is 37.8 Å². The van der Waals surface area contributed by atoms with Gasteiger partial charge in [0.1, 0.15) is 5.82 Å². The summed E-state index contributed by atoms with van der Waals surface area (Å²) < 4.78 is 0. The Kier molecular flexibility index (Phi) is 3.49. The van der Waals surface area contributed by atoms with Gasteiger partial charge in [0.2, 0.25) is 0 Å². The third-order valence-electron chi connectivity index (χ3n) is 2.41. The Morgan fingerprint density at radius 1 is 1.06 bits per heavy atom. The summed E-state index contributed by atoms with van der Waals surface area (Å²) in [5, 5.41) is 3.31. The molecule has 0 aliphatic rings. The summed E-state index contributed by atoms with van der Waals surface area (Å²) in [6.45, 7) is 2.91. The van der Waals surface area contributed by atoms with E-state index >= 15 is 0 Å². The summed E-state index contributed by atoms with van der Waals surface area (Å²) in [6, 6.07) is 9.97. The van der Waals surface area contributed by atoms with Crippen molar-refractivity contribution in [1.29, 1.82) is 0 Å². The van der Waals surface area contributed by atoms with Gasteiger partial charge in [0.15, 0.2) is 0 Å². The van der Waals surface area contributed by atoms with Gasteiger partial charge in [-0.2, -0.15) is 0 Å². The van der Waals surface area contributed by atoms with Gasteiger partial charge in [0.25, 0.3) is 0 Å². The predicted molar refractivity (Wildman–Crippen MR) is 65.4 cm³/mol. The number of hydrogen-bond acceptors (Lipinski definition) is 3. The van der Waals surface area contributed by atoms with Crippen LogP contribution in [0.5, 0.6) is 0 Å². The molecule has 2 rings (SSSR count). The molecule has 0 saturated heterocycles. The van der Waals surface area contributed by atoms with Gasteiger partial charge in [-0.1, -0.05) is 12.1 Å². The highest BCUT2D eigenvalue weighted by Crippen LogP contribution is 2.08. The van der Waals surface area contributed by atoms with Crippen LogP contribution in [-0.2, 0) is 6.42 Å². The number of nitrogens with zero attached hydrogens (tertiary/aromatic N) is 2. The molecular formula is C13H15N3. The maximum Gasteiger partial charge on any atom is 0.128 e. The Hall–Kier alpha value is -1.90. The average Bonchev–Trinajstić information content (AvgIpc) is 2.33. The van der Waals surface area contributed by atoms with Crippen LogP contribution in [0, 0.1) is 6.92 Å². The molecular weight excluding hydrogens is 198 g/mol.